The number of nitrogens with zero attached hydrogens (tertiary/aromatic N) is 3. The van der Waals surface area contributed by atoms with Crippen molar-refractivity contribution in [3.63, 3.8) is 0 Å². The van der Waals surface area contributed by atoms with Crippen molar-refractivity contribution in [1.29, 1.82) is 0 Å². The molecule has 2 aliphatic rings. The zero-order valence-corrected chi connectivity index (χ0v) is 13.4. The minimum absolute atomic E-state index is 0. The molecule has 1 unspecified atom stereocenters. The maximum atomic E-state index is 13.6. The van der Waals surface area contributed by atoms with Crippen molar-refractivity contribution in [3.05, 3.63) is 29.8 Å². The van der Waals surface area contributed by atoms with E-state index < -0.39 is 17.4 Å². The molecular weight excluding hydrogens is 340 g/mol. The lowest BCUT2D eigenvalue weighted by Gasteiger charge is -2.42. The molecule has 1 aromatic carbocycles. The van der Waals surface area contributed by atoms with Gasteiger partial charge in [-0.3, -0.25) is 0 Å². The largest absolute Gasteiger partial charge is 0.504 e. The standard InChI is InChI=1S/C15H15F2N5O.ClH/c16-8-3-10(14(23)11(17)4-8)12-5-13-15(21-20-12)19-7-9-6-18-1-2-22(9)13;/h3-5,9,18,23H,1-2,6-7H2,(H,19,21);1H. The summed E-state index contributed by atoms with van der Waals surface area (Å²) >= 11 is 0. The zero-order chi connectivity index (χ0) is 16.0. The van der Waals surface area contributed by atoms with Gasteiger partial charge in [0.05, 0.1) is 17.4 Å². The summed E-state index contributed by atoms with van der Waals surface area (Å²) in [7, 11) is 0. The van der Waals surface area contributed by atoms with Gasteiger partial charge in [0.25, 0.3) is 0 Å². The molecule has 9 heteroatoms. The van der Waals surface area contributed by atoms with E-state index in [0.717, 1.165) is 37.9 Å². The number of fused-ring (bicyclic) bond motifs is 3. The first-order valence-corrected chi connectivity index (χ1v) is 7.41. The smallest absolute Gasteiger partial charge is 0.172 e. The van der Waals surface area contributed by atoms with E-state index in [9.17, 15) is 13.9 Å². The van der Waals surface area contributed by atoms with Gasteiger partial charge in [-0.2, -0.15) is 0 Å². The van der Waals surface area contributed by atoms with E-state index >= 15 is 0 Å². The van der Waals surface area contributed by atoms with Crippen molar-refractivity contribution in [1.82, 2.24) is 15.5 Å². The average molecular weight is 356 g/mol. The number of phenolic OH excluding ortho intramolecular Hbond substituents is 1. The normalized spacial score (nSPS) is 18.9. The van der Waals surface area contributed by atoms with Crippen LogP contribution in [-0.4, -0.2) is 47.5 Å². The Kier molecular flexibility index (Phi) is 4.42. The number of piperazine rings is 1. The van der Waals surface area contributed by atoms with Crippen LogP contribution in [-0.2, 0) is 0 Å². The van der Waals surface area contributed by atoms with Gasteiger partial charge in [-0.15, -0.1) is 22.6 Å². The predicted molar refractivity (Wildman–Crippen MR) is 88.8 cm³/mol. The molecule has 0 spiro atoms. The zero-order valence-electron chi connectivity index (χ0n) is 12.6. The summed E-state index contributed by atoms with van der Waals surface area (Å²) in [6.07, 6.45) is 0. The highest BCUT2D eigenvalue weighted by molar-refractivity contribution is 5.85. The molecular formula is C15H16ClF2N5O. The van der Waals surface area contributed by atoms with Gasteiger partial charge in [0.1, 0.15) is 5.82 Å². The molecule has 3 N–H and O–H groups in total. The van der Waals surface area contributed by atoms with Crippen molar-refractivity contribution in [3.8, 4) is 17.0 Å². The Morgan fingerprint density at radius 3 is 2.83 bits per heavy atom. The minimum atomic E-state index is -1.02. The maximum Gasteiger partial charge on any atom is 0.172 e. The lowest BCUT2D eigenvalue weighted by atomic mass is 10.1. The number of rotatable bonds is 1. The van der Waals surface area contributed by atoms with E-state index in [1.54, 1.807) is 6.07 Å². The average Bonchev–Trinajstić information content (AvgIpc) is 2.57. The van der Waals surface area contributed by atoms with Crippen LogP contribution in [0.1, 0.15) is 0 Å². The van der Waals surface area contributed by atoms with Crippen LogP contribution in [0, 0.1) is 11.6 Å². The number of anilines is 2. The number of halogens is 3. The Bertz CT molecular complexity index is 776. The number of hydrogen-bond donors (Lipinski definition) is 3. The van der Waals surface area contributed by atoms with Gasteiger partial charge in [-0.1, -0.05) is 0 Å². The van der Waals surface area contributed by atoms with E-state index in [-0.39, 0.29) is 29.7 Å². The molecule has 24 heavy (non-hydrogen) atoms. The van der Waals surface area contributed by atoms with Crippen LogP contribution in [0.3, 0.4) is 0 Å². The van der Waals surface area contributed by atoms with Crippen molar-refractivity contribution in [2.45, 2.75) is 6.04 Å². The summed E-state index contributed by atoms with van der Waals surface area (Å²) in [6, 6.07) is 3.69. The molecule has 1 atom stereocenters. The third kappa shape index (κ3) is 2.71. The molecule has 1 aromatic heterocycles. The summed E-state index contributed by atoms with van der Waals surface area (Å²) in [4.78, 5) is 2.20. The fourth-order valence-electron chi connectivity index (χ4n) is 3.09. The summed E-state index contributed by atoms with van der Waals surface area (Å²) in [5, 5.41) is 24.5. The van der Waals surface area contributed by atoms with Crippen molar-refractivity contribution in [2.75, 3.05) is 36.4 Å². The first kappa shape index (κ1) is 16.7. The highest BCUT2D eigenvalue weighted by Crippen LogP contribution is 2.36. The molecule has 2 aliphatic heterocycles. The van der Waals surface area contributed by atoms with Crippen LogP contribution in [0.5, 0.6) is 5.75 Å². The van der Waals surface area contributed by atoms with E-state index in [1.165, 1.54) is 0 Å². The number of phenols is 1. The van der Waals surface area contributed by atoms with E-state index in [0.29, 0.717) is 11.9 Å². The summed E-state index contributed by atoms with van der Waals surface area (Å²) in [5.41, 5.74) is 1.06. The van der Waals surface area contributed by atoms with Crippen LogP contribution in [0.2, 0.25) is 0 Å². The first-order chi connectivity index (χ1) is 11.1. The molecule has 1 fully saturated rings. The topological polar surface area (TPSA) is 73.3 Å². The number of benzene rings is 1. The number of aromatic hydroxyl groups is 1. The Labute approximate surface area is 143 Å². The monoisotopic (exact) mass is 355 g/mol. The Balaban J connectivity index is 0.00000169. The highest BCUT2D eigenvalue weighted by Gasteiger charge is 2.30. The molecule has 0 radical (unpaired) electrons. The quantitative estimate of drug-likeness (QED) is 0.724. The second-order valence-corrected chi connectivity index (χ2v) is 5.68. The van der Waals surface area contributed by atoms with Gasteiger partial charge in [0, 0.05) is 37.8 Å². The molecule has 6 nitrogen and oxygen atoms in total. The SMILES string of the molecule is Cl.Oc1c(F)cc(F)cc1-c1cc2c(nn1)NCC1CNCCN21. The van der Waals surface area contributed by atoms with Crippen molar-refractivity contribution < 1.29 is 13.9 Å². The van der Waals surface area contributed by atoms with Gasteiger partial charge in [0.15, 0.2) is 17.4 Å². The summed E-state index contributed by atoms with van der Waals surface area (Å²) in [6.45, 7) is 3.28. The Morgan fingerprint density at radius 1 is 1.17 bits per heavy atom. The van der Waals surface area contributed by atoms with Crippen molar-refractivity contribution in [2.24, 2.45) is 0 Å². The second-order valence-electron chi connectivity index (χ2n) is 5.68. The molecule has 3 heterocycles. The first-order valence-electron chi connectivity index (χ1n) is 7.41. The van der Waals surface area contributed by atoms with Crippen LogP contribution in [0.15, 0.2) is 18.2 Å². The molecule has 2 aromatic rings. The number of aromatic nitrogens is 2. The van der Waals surface area contributed by atoms with E-state index in [4.69, 9.17) is 0 Å². The van der Waals surface area contributed by atoms with Crippen LogP contribution < -0.4 is 15.5 Å². The molecule has 0 amide bonds. The molecule has 0 bridgehead atoms. The van der Waals surface area contributed by atoms with Gasteiger partial charge in [-0.05, 0) is 12.1 Å². The highest BCUT2D eigenvalue weighted by atomic mass is 35.5. The number of hydrogen-bond acceptors (Lipinski definition) is 6. The minimum Gasteiger partial charge on any atom is -0.504 e. The maximum absolute atomic E-state index is 13.6. The van der Waals surface area contributed by atoms with Crippen LogP contribution in [0.4, 0.5) is 20.3 Å². The molecule has 0 saturated carbocycles. The Hall–Kier alpha value is -2.19. The lowest BCUT2D eigenvalue weighted by molar-refractivity contribution is 0.430. The van der Waals surface area contributed by atoms with Gasteiger partial charge >= 0.3 is 0 Å². The molecule has 128 valence electrons. The van der Waals surface area contributed by atoms with Crippen LogP contribution in [0.25, 0.3) is 11.3 Å². The Morgan fingerprint density at radius 2 is 2.00 bits per heavy atom. The van der Waals surface area contributed by atoms with Gasteiger partial charge in [-0.25, -0.2) is 8.78 Å². The van der Waals surface area contributed by atoms with E-state index in [1.807, 2.05) is 0 Å². The fourth-order valence-corrected chi connectivity index (χ4v) is 3.09. The molecule has 0 aliphatic carbocycles. The van der Waals surface area contributed by atoms with Crippen LogP contribution >= 0.6 is 12.4 Å². The van der Waals surface area contributed by atoms with Gasteiger partial charge in [0.2, 0.25) is 0 Å². The third-order valence-electron chi connectivity index (χ3n) is 4.24. The van der Waals surface area contributed by atoms with E-state index in [2.05, 4.69) is 25.7 Å². The fraction of sp³-hybridized carbons (Fsp3) is 0.333. The number of nitrogens with one attached hydrogen (secondary N) is 2. The van der Waals surface area contributed by atoms with Gasteiger partial charge < -0.3 is 20.6 Å². The molecule has 4 rings (SSSR count). The summed E-state index contributed by atoms with van der Waals surface area (Å²) < 4.78 is 27.0. The molecule has 1 saturated heterocycles. The summed E-state index contributed by atoms with van der Waals surface area (Å²) in [5.74, 6) is -1.77. The third-order valence-corrected chi connectivity index (χ3v) is 4.24. The van der Waals surface area contributed by atoms with Crippen molar-refractivity contribution >= 4 is 23.9 Å². The lowest BCUT2D eigenvalue weighted by Crippen LogP contribution is -2.56. The second kappa shape index (κ2) is 6.37. The predicted octanol–water partition coefficient (Wildman–Crippen LogP) is 1.75.